The van der Waals surface area contributed by atoms with E-state index < -0.39 is 18.8 Å². The molecule has 2 aromatic carbocycles. The SMILES string of the molecule is CCCCSc1nnc2c(n1)OC(c1cccc(OC)c1OCC(=O)O)Nc1ccccc1-2. The second-order valence-electron chi connectivity index (χ2n) is 7.20. The Morgan fingerprint density at radius 1 is 1.21 bits per heavy atom. The molecule has 172 valence electrons. The van der Waals surface area contributed by atoms with Crippen LogP contribution in [0.5, 0.6) is 17.4 Å². The molecular weight excluding hydrogens is 444 g/mol. The average Bonchev–Trinajstić information content (AvgIpc) is 2.99. The number of ether oxygens (including phenoxy) is 3. The monoisotopic (exact) mass is 468 g/mol. The zero-order chi connectivity index (χ0) is 23.2. The molecule has 9 nitrogen and oxygen atoms in total. The zero-order valence-corrected chi connectivity index (χ0v) is 19.1. The third kappa shape index (κ3) is 5.11. The number of aromatic nitrogens is 3. The number of anilines is 1. The summed E-state index contributed by atoms with van der Waals surface area (Å²) in [5, 5.41) is 21.7. The minimum atomic E-state index is -1.09. The highest BCUT2D eigenvalue weighted by Crippen LogP contribution is 2.43. The van der Waals surface area contributed by atoms with Gasteiger partial charge in [0, 0.05) is 17.0 Å². The van der Waals surface area contributed by atoms with Crippen LogP contribution in [0.1, 0.15) is 31.6 Å². The molecule has 33 heavy (non-hydrogen) atoms. The van der Waals surface area contributed by atoms with E-state index in [2.05, 4.69) is 27.4 Å². The fourth-order valence-electron chi connectivity index (χ4n) is 3.35. The van der Waals surface area contributed by atoms with Gasteiger partial charge in [0.2, 0.25) is 17.3 Å². The highest BCUT2D eigenvalue weighted by Gasteiger charge is 2.29. The van der Waals surface area contributed by atoms with Crippen LogP contribution in [0.3, 0.4) is 0 Å². The van der Waals surface area contributed by atoms with E-state index >= 15 is 0 Å². The normalized spacial score (nSPS) is 14.2. The van der Waals surface area contributed by atoms with Gasteiger partial charge < -0.3 is 24.6 Å². The number of carboxylic acid groups (broad SMARTS) is 1. The Kier molecular flexibility index (Phi) is 7.13. The summed E-state index contributed by atoms with van der Waals surface area (Å²) < 4.78 is 17.3. The van der Waals surface area contributed by atoms with Gasteiger partial charge in [0.05, 0.1) is 12.7 Å². The number of carboxylic acids is 1. The maximum Gasteiger partial charge on any atom is 0.341 e. The van der Waals surface area contributed by atoms with E-state index in [0.29, 0.717) is 28.0 Å². The molecule has 0 saturated carbocycles. The number of methoxy groups -OCH3 is 1. The Morgan fingerprint density at radius 3 is 2.85 bits per heavy atom. The van der Waals surface area contributed by atoms with Gasteiger partial charge in [-0.3, -0.25) is 0 Å². The summed E-state index contributed by atoms with van der Waals surface area (Å²) in [5.41, 5.74) is 2.67. The molecule has 0 radical (unpaired) electrons. The fraction of sp³-hybridized carbons (Fsp3) is 0.304. The number of fused-ring (bicyclic) bond motifs is 3. The Bertz CT molecular complexity index is 1140. The zero-order valence-electron chi connectivity index (χ0n) is 18.3. The molecule has 0 saturated heterocycles. The van der Waals surface area contributed by atoms with Crippen molar-refractivity contribution in [1.29, 1.82) is 0 Å². The van der Waals surface area contributed by atoms with Crippen LogP contribution in [-0.4, -0.2) is 45.7 Å². The Morgan fingerprint density at radius 2 is 2.06 bits per heavy atom. The highest BCUT2D eigenvalue weighted by atomic mass is 32.2. The van der Waals surface area contributed by atoms with E-state index in [-0.39, 0.29) is 5.75 Å². The number of rotatable bonds is 9. The molecule has 0 spiro atoms. The minimum absolute atomic E-state index is 0.278. The summed E-state index contributed by atoms with van der Waals surface area (Å²) in [4.78, 5) is 15.8. The van der Waals surface area contributed by atoms with Gasteiger partial charge in [-0.2, -0.15) is 4.98 Å². The van der Waals surface area contributed by atoms with Gasteiger partial charge in [-0.25, -0.2) is 4.79 Å². The van der Waals surface area contributed by atoms with Gasteiger partial charge in [-0.05, 0) is 24.6 Å². The summed E-state index contributed by atoms with van der Waals surface area (Å²) in [7, 11) is 1.50. The van der Waals surface area contributed by atoms with Crippen molar-refractivity contribution in [2.24, 2.45) is 0 Å². The topological polar surface area (TPSA) is 116 Å². The van der Waals surface area contributed by atoms with E-state index in [1.165, 1.54) is 18.9 Å². The van der Waals surface area contributed by atoms with Crippen molar-refractivity contribution in [3.63, 3.8) is 0 Å². The van der Waals surface area contributed by atoms with Crippen LogP contribution in [-0.2, 0) is 4.79 Å². The molecular formula is C23H24N4O5S. The summed E-state index contributed by atoms with van der Waals surface area (Å²) in [5.74, 6) is 0.800. The molecule has 0 fully saturated rings. The lowest BCUT2D eigenvalue weighted by Gasteiger charge is -2.22. The quantitative estimate of drug-likeness (QED) is 0.346. The third-order valence-electron chi connectivity index (χ3n) is 4.91. The molecule has 4 rings (SSSR count). The molecule has 1 aliphatic rings. The lowest BCUT2D eigenvalue weighted by Crippen LogP contribution is -2.20. The molecule has 1 aromatic heterocycles. The number of nitrogens with zero attached hydrogens (tertiary/aromatic N) is 3. The standard InChI is InChI=1S/C23H24N4O5S/c1-3-4-12-33-23-25-22-19(26-27-23)14-8-5-6-10-16(14)24-21(32-22)15-9-7-11-17(30-2)20(15)31-13-18(28)29/h5-11,21,24H,3-4,12-13H2,1-2H3,(H,28,29). The molecule has 0 amide bonds. The lowest BCUT2D eigenvalue weighted by molar-refractivity contribution is -0.139. The molecule has 3 aromatic rings. The number of thioether (sulfide) groups is 1. The van der Waals surface area contributed by atoms with Crippen molar-refractivity contribution in [3.8, 4) is 28.6 Å². The summed E-state index contributed by atoms with van der Waals surface area (Å²) >= 11 is 1.53. The Balaban J connectivity index is 1.77. The first-order chi connectivity index (χ1) is 16.1. The minimum Gasteiger partial charge on any atom is -0.493 e. The molecule has 2 N–H and O–H groups in total. The second-order valence-corrected chi connectivity index (χ2v) is 8.26. The third-order valence-corrected chi connectivity index (χ3v) is 5.84. The van der Waals surface area contributed by atoms with Crippen molar-refractivity contribution in [2.75, 3.05) is 24.8 Å². The Hall–Kier alpha value is -3.53. The van der Waals surface area contributed by atoms with Crippen LogP contribution in [0.4, 0.5) is 5.69 Å². The molecule has 0 bridgehead atoms. The highest BCUT2D eigenvalue weighted by molar-refractivity contribution is 7.99. The van der Waals surface area contributed by atoms with E-state index in [9.17, 15) is 4.79 Å². The van der Waals surface area contributed by atoms with E-state index in [1.54, 1.807) is 18.2 Å². The number of benzene rings is 2. The van der Waals surface area contributed by atoms with Crippen LogP contribution >= 0.6 is 11.8 Å². The van der Waals surface area contributed by atoms with Crippen molar-refractivity contribution >= 4 is 23.4 Å². The first-order valence-corrected chi connectivity index (χ1v) is 11.5. The number of hydrogen-bond donors (Lipinski definition) is 2. The Labute approximate surface area is 195 Å². The summed E-state index contributed by atoms with van der Waals surface area (Å²) in [6.07, 6.45) is 1.39. The summed E-state index contributed by atoms with van der Waals surface area (Å²) in [6, 6.07) is 12.9. The molecule has 10 heteroatoms. The number of hydrogen-bond acceptors (Lipinski definition) is 9. The predicted octanol–water partition coefficient (Wildman–Crippen LogP) is 4.41. The summed E-state index contributed by atoms with van der Waals surface area (Å²) in [6.45, 7) is 1.61. The van der Waals surface area contributed by atoms with Crippen molar-refractivity contribution in [3.05, 3.63) is 48.0 Å². The largest absolute Gasteiger partial charge is 0.493 e. The maximum absolute atomic E-state index is 11.1. The molecule has 0 aliphatic carbocycles. The van der Waals surface area contributed by atoms with Gasteiger partial charge in [0.15, 0.2) is 23.8 Å². The first kappa shape index (κ1) is 22.7. The fourth-order valence-corrected chi connectivity index (χ4v) is 4.21. The number of para-hydroxylation sites is 2. The van der Waals surface area contributed by atoms with Crippen LogP contribution in [0.25, 0.3) is 11.3 Å². The average molecular weight is 469 g/mol. The van der Waals surface area contributed by atoms with Gasteiger partial charge >= 0.3 is 5.97 Å². The number of aliphatic carboxylic acids is 1. The van der Waals surface area contributed by atoms with Crippen molar-refractivity contribution < 1.29 is 24.1 Å². The van der Waals surface area contributed by atoms with Crippen LogP contribution in [0.2, 0.25) is 0 Å². The van der Waals surface area contributed by atoms with Crippen LogP contribution in [0, 0.1) is 0 Å². The van der Waals surface area contributed by atoms with Crippen LogP contribution in [0.15, 0.2) is 47.6 Å². The van der Waals surface area contributed by atoms with Gasteiger partial charge in [-0.15, -0.1) is 10.2 Å². The maximum atomic E-state index is 11.1. The molecule has 1 aliphatic heterocycles. The van der Waals surface area contributed by atoms with Crippen molar-refractivity contribution in [2.45, 2.75) is 31.1 Å². The first-order valence-electron chi connectivity index (χ1n) is 10.5. The smallest absolute Gasteiger partial charge is 0.341 e. The van der Waals surface area contributed by atoms with Crippen LogP contribution < -0.4 is 19.5 Å². The number of carbonyl (C=O) groups is 1. The lowest BCUT2D eigenvalue weighted by atomic mass is 10.1. The van der Waals surface area contributed by atoms with E-state index in [1.807, 2.05) is 24.3 Å². The molecule has 1 atom stereocenters. The number of unbranched alkanes of at least 4 members (excludes halogenated alkanes) is 1. The second kappa shape index (κ2) is 10.4. The van der Waals surface area contributed by atoms with Gasteiger partial charge in [0.25, 0.3) is 0 Å². The number of nitrogens with one attached hydrogen (secondary N) is 1. The van der Waals surface area contributed by atoms with Gasteiger partial charge in [0.1, 0.15) is 0 Å². The van der Waals surface area contributed by atoms with Gasteiger partial charge in [-0.1, -0.05) is 49.4 Å². The van der Waals surface area contributed by atoms with E-state index in [0.717, 1.165) is 29.8 Å². The molecule has 2 heterocycles. The van der Waals surface area contributed by atoms with Crippen molar-refractivity contribution in [1.82, 2.24) is 15.2 Å². The van der Waals surface area contributed by atoms with E-state index in [4.69, 9.17) is 19.3 Å². The molecule has 1 unspecified atom stereocenters. The predicted molar refractivity (Wildman–Crippen MR) is 124 cm³/mol.